The number of rotatable bonds is 0. The molecule has 0 radical (unpaired) electrons. The molecular formula is C11H19N3. The first-order chi connectivity index (χ1) is 6.86. The predicted octanol–water partition coefficient (Wildman–Crippen LogP) is 3.32. The SMILES string of the molecule is CC.CC.Cc1cc2nc[nH]c2cn1. The molecule has 2 aromatic heterocycles. The Labute approximate surface area is 85.6 Å². The predicted molar refractivity (Wildman–Crippen MR) is 61.3 cm³/mol. The molecule has 3 heteroatoms. The highest BCUT2D eigenvalue weighted by Gasteiger charge is 1.93. The highest BCUT2D eigenvalue weighted by Crippen LogP contribution is 2.06. The van der Waals surface area contributed by atoms with Gasteiger partial charge in [-0.25, -0.2) is 4.98 Å². The van der Waals surface area contributed by atoms with Crippen LogP contribution >= 0.6 is 0 Å². The maximum absolute atomic E-state index is 4.11. The summed E-state index contributed by atoms with van der Waals surface area (Å²) in [4.78, 5) is 11.2. The molecule has 0 unspecified atom stereocenters. The molecule has 2 aromatic rings. The molecule has 0 amide bonds. The van der Waals surface area contributed by atoms with Gasteiger partial charge in [0.25, 0.3) is 0 Å². The minimum Gasteiger partial charge on any atom is -0.343 e. The normalized spacial score (nSPS) is 8.36. The smallest absolute Gasteiger partial charge is 0.0932 e. The van der Waals surface area contributed by atoms with Crippen molar-refractivity contribution in [2.45, 2.75) is 34.6 Å². The second kappa shape index (κ2) is 7.06. The zero-order valence-corrected chi connectivity index (χ0v) is 9.63. The molecule has 0 saturated carbocycles. The van der Waals surface area contributed by atoms with Crippen LogP contribution in [0.3, 0.4) is 0 Å². The number of pyridine rings is 1. The molecule has 78 valence electrons. The van der Waals surface area contributed by atoms with Crippen LogP contribution in [0.25, 0.3) is 11.0 Å². The van der Waals surface area contributed by atoms with Gasteiger partial charge in [0.05, 0.1) is 23.6 Å². The maximum Gasteiger partial charge on any atom is 0.0932 e. The topological polar surface area (TPSA) is 41.6 Å². The van der Waals surface area contributed by atoms with Crippen molar-refractivity contribution in [3.8, 4) is 0 Å². The lowest BCUT2D eigenvalue weighted by molar-refractivity contribution is 1.22. The van der Waals surface area contributed by atoms with Gasteiger partial charge in [0.15, 0.2) is 0 Å². The molecule has 2 heterocycles. The largest absolute Gasteiger partial charge is 0.343 e. The third-order valence-corrected chi connectivity index (χ3v) is 1.44. The van der Waals surface area contributed by atoms with Crippen molar-refractivity contribution in [2.24, 2.45) is 0 Å². The standard InChI is InChI=1S/C7H7N3.2C2H6/c1-5-2-6-7(3-8-5)10-4-9-6;2*1-2/h2-4H,1H3,(H,9,10);2*1-2H3. The summed E-state index contributed by atoms with van der Waals surface area (Å²) >= 11 is 0. The van der Waals surface area contributed by atoms with E-state index in [0.717, 1.165) is 16.7 Å². The van der Waals surface area contributed by atoms with Crippen LogP contribution in [-0.4, -0.2) is 15.0 Å². The molecule has 0 atom stereocenters. The van der Waals surface area contributed by atoms with E-state index in [1.165, 1.54) is 0 Å². The van der Waals surface area contributed by atoms with Crippen LogP contribution in [0.2, 0.25) is 0 Å². The average Bonchev–Trinajstić information content (AvgIpc) is 2.71. The number of nitrogens with one attached hydrogen (secondary N) is 1. The van der Waals surface area contributed by atoms with Gasteiger partial charge in [0.2, 0.25) is 0 Å². The quantitative estimate of drug-likeness (QED) is 0.697. The minimum atomic E-state index is 0.979. The monoisotopic (exact) mass is 193 g/mol. The number of aromatic amines is 1. The Morgan fingerprint density at radius 1 is 1.07 bits per heavy atom. The molecule has 0 saturated heterocycles. The van der Waals surface area contributed by atoms with Crippen molar-refractivity contribution in [1.29, 1.82) is 0 Å². The van der Waals surface area contributed by atoms with Gasteiger partial charge in [-0.2, -0.15) is 0 Å². The summed E-state index contributed by atoms with van der Waals surface area (Å²) in [5.74, 6) is 0. The van der Waals surface area contributed by atoms with Crippen molar-refractivity contribution in [3.63, 3.8) is 0 Å². The zero-order valence-electron chi connectivity index (χ0n) is 9.63. The minimum absolute atomic E-state index is 0.979. The Hall–Kier alpha value is -1.38. The Bertz CT molecular complexity index is 352. The van der Waals surface area contributed by atoms with E-state index in [1.54, 1.807) is 12.5 Å². The summed E-state index contributed by atoms with van der Waals surface area (Å²) in [6.45, 7) is 9.95. The van der Waals surface area contributed by atoms with Crippen LogP contribution in [0.4, 0.5) is 0 Å². The van der Waals surface area contributed by atoms with Gasteiger partial charge in [0, 0.05) is 5.69 Å². The lowest BCUT2D eigenvalue weighted by Gasteiger charge is -1.88. The van der Waals surface area contributed by atoms with E-state index >= 15 is 0 Å². The van der Waals surface area contributed by atoms with Crippen LogP contribution < -0.4 is 0 Å². The Morgan fingerprint density at radius 2 is 1.71 bits per heavy atom. The molecule has 0 aliphatic carbocycles. The van der Waals surface area contributed by atoms with E-state index in [-0.39, 0.29) is 0 Å². The van der Waals surface area contributed by atoms with Crippen LogP contribution in [-0.2, 0) is 0 Å². The molecular weight excluding hydrogens is 174 g/mol. The van der Waals surface area contributed by atoms with E-state index in [9.17, 15) is 0 Å². The van der Waals surface area contributed by atoms with Crippen molar-refractivity contribution in [3.05, 3.63) is 24.3 Å². The fourth-order valence-corrected chi connectivity index (χ4v) is 0.935. The number of aryl methyl sites for hydroxylation is 1. The van der Waals surface area contributed by atoms with Gasteiger partial charge in [-0.3, -0.25) is 4.98 Å². The number of fused-ring (bicyclic) bond motifs is 1. The summed E-state index contributed by atoms with van der Waals surface area (Å²) in [5, 5.41) is 0. The zero-order chi connectivity index (χ0) is 11.0. The Balaban J connectivity index is 0.000000379. The molecule has 1 N–H and O–H groups in total. The third kappa shape index (κ3) is 3.17. The average molecular weight is 193 g/mol. The van der Waals surface area contributed by atoms with Gasteiger partial charge in [0.1, 0.15) is 0 Å². The van der Waals surface area contributed by atoms with Crippen LogP contribution in [0, 0.1) is 6.92 Å². The molecule has 0 aliphatic heterocycles. The van der Waals surface area contributed by atoms with Crippen LogP contribution in [0.1, 0.15) is 33.4 Å². The second-order valence-corrected chi connectivity index (χ2v) is 2.25. The molecule has 0 aliphatic rings. The first-order valence-electron chi connectivity index (χ1n) is 5.12. The molecule has 0 fully saturated rings. The molecule has 2 rings (SSSR count). The van der Waals surface area contributed by atoms with E-state index in [2.05, 4.69) is 15.0 Å². The molecule has 14 heavy (non-hydrogen) atoms. The molecule has 0 bridgehead atoms. The number of aromatic nitrogens is 3. The Kier molecular flexibility index (Phi) is 6.37. The van der Waals surface area contributed by atoms with Gasteiger partial charge >= 0.3 is 0 Å². The second-order valence-electron chi connectivity index (χ2n) is 2.25. The maximum atomic E-state index is 4.11. The lowest BCUT2D eigenvalue weighted by Crippen LogP contribution is -1.78. The number of hydrogen-bond donors (Lipinski definition) is 1. The summed E-state index contributed by atoms with van der Waals surface area (Å²) in [5.41, 5.74) is 2.97. The summed E-state index contributed by atoms with van der Waals surface area (Å²) in [6.07, 6.45) is 3.46. The van der Waals surface area contributed by atoms with E-state index < -0.39 is 0 Å². The lowest BCUT2D eigenvalue weighted by atomic mass is 10.3. The molecule has 0 spiro atoms. The fraction of sp³-hybridized carbons (Fsp3) is 0.455. The molecule has 0 aromatic carbocycles. The number of hydrogen-bond acceptors (Lipinski definition) is 2. The van der Waals surface area contributed by atoms with Crippen molar-refractivity contribution in [1.82, 2.24) is 15.0 Å². The highest BCUT2D eigenvalue weighted by molar-refractivity contribution is 5.73. The summed E-state index contributed by atoms with van der Waals surface area (Å²) in [6, 6.07) is 1.95. The van der Waals surface area contributed by atoms with Crippen molar-refractivity contribution < 1.29 is 0 Å². The number of H-pyrrole nitrogens is 1. The summed E-state index contributed by atoms with van der Waals surface area (Å²) < 4.78 is 0. The fourth-order valence-electron chi connectivity index (χ4n) is 0.935. The molecule has 3 nitrogen and oxygen atoms in total. The van der Waals surface area contributed by atoms with Crippen molar-refractivity contribution >= 4 is 11.0 Å². The number of imidazole rings is 1. The highest BCUT2D eigenvalue weighted by atomic mass is 14.9. The number of nitrogens with zero attached hydrogens (tertiary/aromatic N) is 2. The van der Waals surface area contributed by atoms with Crippen molar-refractivity contribution in [2.75, 3.05) is 0 Å². The van der Waals surface area contributed by atoms with Crippen LogP contribution in [0.5, 0.6) is 0 Å². The first-order valence-corrected chi connectivity index (χ1v) is 5.12. The van der Waals surface area contributed by atoms with E-state index in [4.69, 9.17) is 0 Å². The first kappa shape index (κ1) is 12.6. The van der Waals surface area contributed by atoms with E-state index in [1.807, 2.05) is 40.7 Å². The van der Waals surface area contributed by atoms with E-state index in [0.29, 0.717) is 0 Å². The van der Waals surface area contributed by atoms with Crippen LogP contribution in [0.15, 0.2) is 18.6 Å². The summed E-state index contributed by atoms with van der Waals surface area (Å²) in [7, 11) is 0. The third-order valence-electron chi connectivity index (χ3n) is 1.44. The van der Waals surface area contributed by atoms with Gasteiger partial charge in [-0.05, 0) is 13.0 Å². The van der Waals surface area contributed by atoms with Gasteiger partial charge in [-0.1, -0.05) is 27.7 Å². The Morgan fingerprint density at radius 3 is 2.36 bits per heavy atom. The van der Waals surface area contributed by atoms with Gasteiger partial charge < -0.3 is 4.98 Å². The van der Waals surface area contributed by atoms with Gasteiger partial charge in [-0.15, -0.1) is 0 Å².